The quantitative estimate of drug-likeness (QED) is 0.658. The number of hydrogen-bond donors (Lipinski definition) is 0. The Kier molecular flexibility index (Phi) is 4.61. The average molecular weight is 371 g/mol. The van der Waals surface area contributed by atoms with Gasteiger partial charge in [0, 0.05) is 23.2 Å². The van der Waals surface area contributed by atoms with E-state index in [2.05, 4.69) is 10.00 Å². The monoisotopic (exact) mass is 371 g/mol. The third-order valence-corrected chi connectivity index (χ3v) is 4.86. The first kappa shape index (κ1) is 17.6. The SMILES string of the molecule is CC(c1ccccc1F)N(Cn1nc(-c2ccc(F)cc2)oc1=O)C1CC1. The van der Waals surface area contributed by atoms with Crippen LogP contribution in [0.25, 0.3) is 11.5 Å². The molecule has 1 aliphatic rings. The summed E-state index contributed by atoms with van der Waals surface area (Å²) in [5.74, 6) is -1.11. The molecule has 1 heterocycles. The summed E-state index contributed by atoms with van der Waals surface area (Å²) >= 11 is 0. The van der Waals surface area contributed by atoms with Crippen LogP contribution < -0.4 is 5.76 Å². The van der Waals surface area contributed by atoms with Crippen LogP contribution in [-0.2, 0) is 6.67 Å². The Labute approximate surface area is 154 Å². The lowest BCUT2D eigenvalue weighted by atomic mass is 10.1. The van der Waals surface area contributed by atoms with Gasteiger partial charge in [0.15, 0.2) is 0 Å². The molecule has 0 N–H and O–H groups in total. The summed E-state index contributed by atoms with van der Waals surface area (Å²) in [4.78, 5) is 14.3. The minimum Gasteiger partial charge on any atom is -0.388 e. The standard InChI is InChI=1S/C20H19F2N3O2/c1-13(17-4-2-3-5-18(17)22)24(16-10-11-16)12-25-20(26)27-19(23-25)14-6-8-15(21)9-7-14/h2-9,13,16H,10-12H2,1H3. The Bertz CT molecular complexity index is 993. The lowest BCUT2D eigenvalue weighted by Gasteiger charge is -2.28. The van der Waals surface area contributed by atoms with Gasteiger partial charge in [-0.05, 0) is 50.1 Å². The molecular formula is C20H19F2N3O2. The maximum atomic E-state index is 14.2. The maximum Gasteiger partial charge on any atom is 0.438 e. The number of hydrogen-bond acceptors (Lipinski definition) is 4. The second-order valence-corrected chi connectivity index (χ2v) is 6.76. The molecule has 1 atom stereocenters. The zero-order valence-corrected chi connectivity index (χ0v) is 14.8. The van der Waals surface area contributed by atoms with Crippen LogP contribution in [0, 0.1) is 11.6 Å². The molecule has 1 saturated carbocycles. The van der Waals surface area contributed by atoms with Gasteiger partial charge >= 0.3 is 5.76 Å². The Morgan fingerprint density at radius 1 is 1.19 bits per heavy atom. The summed E-state index contributed by atoms with van der Waals surface area (Å²) < 4.78 is 33.7. The zero-order valence-electron chi connectivity index (χ0n) is 14.8. The van der Waals surface area contributed by atoms with Crippen LogP contribution in [0.1, 0.15) is 31.4 Å². The molecule has 0 spiro atoms. The number of rotatable bonds is 6. The van der Waals surface area contributed by atoms with E-state index in [1.807, 2.05) is 6.92 Å². The van der Waals surface area contributed by atoms with Crippen molar-refractivity contribution in [3.63, 3.8) is 0 Å². The van der Waals surface area contributed by atoms with Crippen LogP contribution in [-0.4, -0.2) is 20.7 Å². The van der Waals surface area contributed by atoms with E-state index in [9.17, 15) is 13.6 Å². The molecule has 0 aliphatic heterocycles. The van der Waals surface area contributed by atoms with E-state index in [-0.39, 0.29) is 36.3 Å². The van der Waals surface area contributed by atoms with E-state index < -0.39 is 5.76 Å². The number of benzene rings is 2. The molecule has 27 heavy (non-hydrogen) atoms. The first-order valence-electron chi connectivity index (χ1n) is 8.87. The molecule has 0 saturated heterocycles. The van der Waals surface area contributed by atoms with Crippen molar-refractivity contribution in [2.75, 3.05) is 0 Å². The van der Waals surface area contributed by atoms with E-state index in [4.69, 9.17) is 4.42 Å². The van der Waals surface area contributed by atoms with Gasteiger partial charge in [-0.2, -0.15) is 4.68 Å². The Morgan fingerprint density at radius 2 is 1.89 bits per heavy atom. The minimum absolute atomic E-state index is 0.134. The Balaban J connectivity index is 1.60. The summed E-state index contributed by atoms with van der Waals surface area (Å²) in [7, 11) is 0. The summed E-state index contributed by atoms with van der Waals surface area (Å²) in [6.45, 7) is 2.12. The van der Waals surface area contributed by atoms with E-state index in [1.165, 1.54) is 35.0 Å². The average Bonchev–Trinajstić information content (AvgIpc) is 3.43. The Morgan fingerprint density at radius 3 is 2.56 bits per heavy atom. The van der Waals surface area contributed by atoms with Gasteiger partial charge in [-0.3, -0.25) is 4.90 Å². The fourth-order valence-corrected chi connectivity index (χ4v) is 3.21. The van der Waals surface area contributed by atoms with Crippen LogP contribution in [0.2, 0.25) is 0 Å². The smallest absolute Gasteiger partial charge is 0.388 e. The molecule has 1 aromatic heterocycles. The number of aromatic nitrogens is 2. The zero-order chi connectivity index (χ0) is 19.0. The molecule has 0 bridgehead atoms. The van der Waals surface area contributed by atoms with Gasteiger partial charge in [-0.1, -0.05) is 18.2 Å². The highest BCUT2D eigenvalue weighted by Gasteiger charge is 2.34. The van der Waals surface area contributed by atoms with Crippen molar-refractivity contribution in [3.8, 4) is 11.5 Å². The fourth-order valence-electron chi connectivity index (χ4n) is 3.21. The molecule has 2 aromatic carbocycles. The van der Waals surface area contributed by atoms with E-state index in [0.717, 1.165) is 12.8 Å². The lowest BCUT2D eigenvalue weighted by molar-refractivity contribution is 0.136. The van der Waals surface area contributed by atoms with E-state index in [0.29, 0.717) is 11.1 Å². The third kappa shape index (κ3) is 3.68. The maximum absolute atomic E-state index is 14.2. The lowest BCUT2D eigenvalue weighted by Crippen LogP contribution is -2.35. The first-order valence-corrected chi connectivity index (χ1v) is 8.87. The summed E-state index contributed by atoms with van der Waals surface area (Å²) in [5, 5.41) is 4.24. The van der Waals surface area contributed by atoms with Crippen LogP contribution in [0.15, 0.2) is 57.7 Å². The molecule has 0 radical (unpaired) electrons. The number of halogens is 2. The van der Waals surface area contributed by atoms with Crippen molar-refractivity contribution >= 4 is 0 Å². The molecule has 140 valence electrons. The molecule has 3 aromatic rings. The second-order valence-electron chi connectivity index (χ2n) is 6.76. The van der Waals surface area contributed by atoms with E-state index >= 15 is 0 Å². The first-order chi connectivity index (χ1) is 13.0. The minimum atomic E-state index is -0.597. The highest BCUT2D eigenvalue weighted by atomic mass is 19.1. The molecule has 1 fully saturated rings. The van der Waals surface area contributed by atoms with Crippen LogP contribution in [0.4, 0.5) is 8.78 Å². The molecule has 1 unspecified atom stereocenters. The van der Waals surface area contributed by atoms with Crippen LogP contribution >= 0.6 is 0 Å². The second kappa shape index (κ2) is 7.08. The van der Waals surface area contributed by atoms with Crippen molar-refractivity contribution in [1.82, 2.24) is 14.7 Å². The third-order valence-electron chi connectivity index (χ3n) is 4.86. The normalized spacial score (nSPS) is 15.3. The summed E-state index contributed by atoms with van der Waals surface area (Å²) in [5.41, 5.74) is 1.10. The van der Waals surface area contributed by atoms with Crippen molar-refractivity contribution in [2.45, 2.75) is 38.5 Å². The Hall–Kier alpha value is -2.80. The van der Waals surface area contributed by atoms with Crippen molar-refractivity contribution < 1.29 is 13.2 Å². The van der Waals surface area contributed by atoms with Crippen LogP contribution in [0.5, 0.6) is 0 Å². The predicted molar refractivity (Wildman–Crippen MR) is 95.8 cm³/mol. The molecule has 1 aliphatic carbocycles. The van der Waals surface area contributed by atoms with Gasteiger partial charge < -0.3 is 4.42 Å². The molecular weight excluding hydrogens is 352 g/mol. The topological polar surface area (TPSA) is 51.3 Å². The molecule has 7 heteroatoms. The van der Waals surface area contributed by atoms with E-state index in [1.54, 1.807) is 18.2 Å². The highest BCUT2D eigenvalue weighted by molar-refractivity contribution is 5.51. The van der Waals surface area contributed by atoms with Gasteiger partial charge in [0.2, 0.25) is 5.89 Å². The van der Waals surface area contributed by atoms with Gasteiger partial charge in [-0.25, -0.2) is 13.6 Å². The molecule has 4 rings (SSSR count). The molecule has 5 nitrogen and oxygen atoms in total. The summed E-state index contributed by atoms with van der Waals surface area (Å²) in [6, 6.07) is 12.3. The number of nitrogens with zero attached hydrogens (tertiary/aromatic N) is 3. The molecule has 0 amide bonds. The van der Waals surface area contributed by atoms with Crippen LogP contribution in [0.3, 0.4) is 0 Å². The van der Waals surface area contributed by atoms with Gasteiger partial charge in [0.1, 0.15) is 18.3 Å². The largest absolute Gasteiger partial charge is 0.438 e. The van der Waals surface area contributed by atoms with Gasteiger partial charge in [-0.15, -0.1) is 5.10 Å². The van der Waals surface area contributed by atoms with Gasteiger partial charge in [0.05, 0.1) is 0 Å². The van der Waals surface area contributed by atoms with Crippen molar-refractivity contribution in [2.24, 2.45) is 0 Å². The highest BCUT2D eigenvalue weighted by Crippen LogP contribution is 2.35. The summed E-state index contributed by atoms with van der Waals surface area (Å²) in [6.07, 6.45) is 1.99. The predicted octanol–water partition coefficient (Wildman–Crippen LogP) is 3.96. The van der Waals surface area contributed by atoms with Crippen molar-refractivity contribution in [1.29, 1.82) is 0 Å². The van der Waals surface area contributed by atoms with Gasteiger partial charge in [0.25, 0.3) is 0 Å². The van der Waals surface area contributed by atoms with Crippen molar-refractivity contribution in [3.05, 3.63) is 76.3 Å². The fraction of sp³-hybridized carbons (Fsp3) is 0.300.